The lowest BCUT2D eigenvalue weighted by Gasteiger charge is -2.12. The number of carbonyl (C=O) groups is 2. The summed E-state index contributed by atoms with van der Waals surface area (Å²) >= 11 is 5.44. The van der Waals surface area contributed by atoms with Gasteiger partial charge in [0.15, 0.2) is 0 Å². The molecular weight excluding hydrogens is 782 g/mol. The number of alkyl halides is 6. The molecule has 0 heterocycles. The molecule has 292 valence electrons. The number of nitrogens with one attached hydrogen (secondary N) is 1. The third-order valence-electron chi connectivity index (χ3n) is 7.75. The minimum Gasteiger partial charge on any atom is -0.399 e. The zero-order chi connectivity index (χ0) is 41.9. The molecule has 0 saturated carbocycles. The second-order valence-electron chi connectivity index (χ2n) is 11.6. The van der Waals surface area contributed by atoms with Gasteiger partial charge in [-0.05, 0) is 82.4 Å². The maximum absolute atomic E-state index is 12.7. The number of nitrogens with two attached hydrogens (primary N) is 1. The fraction of sp³-hybridized carbons (Fsp3) is 0.0500. The summed E-state index contributed by atoms with van der Waals surface area (Å²) in [5, 5.41) is 22.9. The standard InChI is InChI=1S/C20H13F3N2O3.C14H8ClF3O.C6H6N2O2/c21-20(22,23)14-10-8-13(9-11-14)17-6-1-2-7-18(17)19(26)24-15-4-3-5-16(12-15)25(27)28;15-13(19)12-4-2-1-3-11(12)9-5-7-10(8-6-9)14(16,17)18;7-5-2-1-3-6(4-5)8(9)10/h1-12H,(H,24,26);1-8H;1-4H,7H2. The number of halogens is 7. The zero-order valence-corrected chi connectivity index (χ0v) is 29.7. The van der Waals surface area contributed by atoms with Gasteiger partial charge in [-0.3, -0.25) is 29.8 Å². The molecule has 17 heteroatoms. The third kappa shape index (κ3) is 12.0. The Morgan fingerprint density at radius 1 is 0.561 bits per heavy atom. The summed E-state index contributed by atoms with van der Waals surface area (Å²) in [4.78, 5) is 43.8. The summed E-state index contributed by atoms with van der Waals surface area (Å²) in [5.74, 6) is -0.531. The number of nitro groups is 2. The normalized spacial score (nSPS) is 10.9. The molecule has 6 aromatic carbocycles. The number of nitro benzene ring substituents is 2. The van der Waals surface area contributed by atoms with Gasteiger partial charge in [0.25, 0.3) is 22.5 Å². The number of amides is 1. The van der Waals surface area contributed by atoms with Crippen LogP contribution >= 0.6 is 11.6 Å². The largest absolute Gasteiger partial charge is 0.416 e. The van der Waals surface area contributed by atoms with E-state index in [4.69, 9.17) is 17.3 Å². The van der Waals surface area contributed by atoms with E-state index in [2.05, 4.69) is 5.32 Å². The summed E-state index contributed by atoms with van der Waals surface area (Å²) in [6, 6.07) is 33.3. The van der Waals surface area contributed by atoms with E-state index in [9.17, 15) is 56.2 Å². The predicted octanol–water partition coefficient (Wildman–Crippen LogP) is 11.5. The van der Waals surface area contributed by atoms with Crippen LogP contribution < -0.4 is 11.1 Å². The third-order valence-corrected chi connectivity index (χ3v) is 7.96. The van der Waals surface area contributed by atoms with E-state index in [0.717, 1.165) is 24.3 Å². The van der Waals surface area contributed by atoms with E-state index >= 15 is 0 Å². The molecule has 1 amide bonds. The molecule has 57 heavy (non-hydrogen) atoms. The van der Waals surface area contributed by atoms with Crippen molar-refractivity contribution in [3.63, 3.8) is 0 Å². The van der Waals surface area contributed by atoms with Gasteiger partial charge < -0.3 is 11.1 Å². The minimum atomic E-state index is -4.45. The number of nitrogens with zero attached hydrogens (tertiary/aromatic N) is 2. The smallest absolute Gasteiger partial charge is 0.399 e. The number of non-ortho nitro benzene ring substituents is 2. The Kier molecular flexibility index (Phi) is 13.9. The van der Waals surface area contributed by atoms with Gasteiger partial charge in [-0.1, -0.05) is 72.8 Å². The summed E-state index contributed by atoms with van der Waals surface area (Å²) in [7, 11) is 0. The Hall–Kier alpha value is -7.07. The molecule has 0 radical (unpaired) electrons. The van der Waals surface area contributed by atoms with Crippen LogP contribution in [-0.4, -0.2) is 21.0 Å². The lowest BCUT2D eigenvalue weighted by molar-refractivity contribution is -0.385. The van der Waals surface area contributed by atoms with Crippen LogP contribution in [0.25, 0.3) is 22.3 Å². The first kappa shape index (κ1) is 42.7. The van der Waals surface area contributed by atoms with Gasteiger partial charge >= 0.3 is 12.4 Å². The summed E-state index contributed by atoms with van der Waals surface area (Å²) in [6.07, 6.45) is -8.82. The summed E-state index contributed by atoms with van der Waals surface area (Å²) < 4.78 is 75.6. The van der Waals surface area contributed by atoms with E-state index in [0.29, 0.717) is 27.9 Å². The van der Waals surface area contributed by atoms with E-state index < -0.39 is 44.5 Å². The highest BCUT2D eigenvalue weighted by molar-refractivity contribution is 6.68. The molecule has 0 spiro atoms. The highest BCUT2D eigenvalue weighted by atomic mass is 35.5. The molecule has 3 N–H and O–H groups in total. The van der Waals surface area contributed by atoms with Crippen LogP contribution in [0.4, 0.5) is 49.1 Å². The first-order valence-electron chi connectivity index (χ1n) is 16.1. The van der Waals surface area contributed by atoms with Gasteiger partial charge in [-0.2, -0.15) is 26.3 Å². The fourth-order valence-electron chi connectivity index (χ4n) is 5.05. The van der Waals surface area contributed by atoms with Crippen molar-refractivity contribution >= 4 is 45.5 Å². The van der Waals surface area contributed by atoms with Crippen molar-refractivity contribution in [2.45, 2.75) is 12.4 Å². The monoisotopic (exact) mass is 808 g/mol. The van der Waals surface area contributed by atoms with Crippen molar-refractivity contribution in [1.29, 1.82) is 0 Å². The van der Waals surface area contributed by atoms with Crippen molar-refractivity contribution in [2.75, 3.05) is 11.1 Å². The minimum absolute atomic E-state index is 0.0278. The van der Waals surface area contributed by atoms with Crippen molar-refractivity contribution in [3.05, 3.63) is 188 Å². The van der Waals surface area contributed by atoms with E-state index in [1.165, 1.54) is 72.8 Å². The van der Waals surface area contributed by atoms with Crippen LogP contribution in [0.1, 0.15) is 31.8 Å². The van der Waals surface area contributed by atoms with Gasteiger partial charge in [-0.25, -0.2) is 0 Å². The highest BCUT2D eigenvalue weighted by Gasteiger charge is 2.31. The van der Waals surface area contributed by atoms with Gasteiger partial charge in [-0.15, -0.1) is 0 Å². The Morgan fingerprint density at radius 2 is 0.982 bits per heavy atom. The fourth-order valence-corrected chi connectivity index (χ4v) is 5.22. The zero-order valence-electron chi connectivity index (χ0n) is 28.9. The second-order valence-corrected chi connectivity index (χ2v) is 12.0. The number of benzene rings is 6. The molecule has 0 aliphatic heterocycles. The predicted molar refractivity (Wildman–Crippen MR) is 203 cm³/mol. The van der Waals surface area contributed by atoms with Crippen molar-refractivity contribution in [1.82, 2.24) is 0 Å². The molecule has 0 fully saturated rings. The van der Waals surface area contributed by atoms with Crippen LogP contribution in [-0.2, 0) is 12.4 Å². The Bertz CT molecular complexity index is 2390. The maximum Gasteiger partial charge on any atom is 0.416 e. The van der Waals surface area contributed by atoms with Crippen molar-refractivity contribution < 1.29 is 45.8 Å². The molecule has 0 aliphatic rings. The number of rotatable bonds is 7. The molecule has 6 rings (SSSR count). The van der Waals surface area contributed by atoms with Gasteiger partial charge in [0.1, 0.15) is 0 Å². The molecular formula is C40H27ClF6N4O6. The SMILES string of the molecule is Nc1cccc([N+](=O)[O-])c1.O=C(Cl)c1ccccc1-c1ccc(C(F)(F)F)cc1.O=C(Nc1cccc([N+](=O)[O-])c1)c1ccccc1-c1ccc(C(F)(F)F)cc1. The molecule has 0 unspecified atom stereocenters. The van der Waals surface area contributed by atoms with Gasteiger partial charge in [0.2, 0.25) is 0 Å². The van der Waals surface area contributed by atoms with Crippen LogP contribution in [0.2, 0.25) is 0 Å². The van der Waals surface area contributed by atoms with Crippen LogP contribution in [0, 0.1) is 20.2 Å². The Labute approximate surface area is 324 Å². The van der Waals surface area contributed by atoms with Crippen LogP contribution in [0.5, 0.6) is 0 Å². The highest BCUT2D eigenvalue weighted by Crippen LogP contribution is 2.33. The van der Waals surface area contributed by atoms with Crippen LogP contribution in [0.3, 0.4) is 0 Å². The average molecular weight is 809 g/mol. The number of nitrogen functional groups attached to an aromatic ring is 1. The molecule has 10 nitrogen and oxygen atoms in total. The number of hydrogen-bond acceptors (Lipinski definition) is 7. The Balaban J connectivity index is 0.000000213. The maximum atomic E-state index is 12.7. The first-order chi connectivity index (χ1) is 26.8. The lowest BCUT2D eigenvalue weighted by Crippen LogP contribution is -2.13. The summed E-state index contributed by atoms with van der Waals surface area (Å²) in [6.45, 7) is 0. The number of carbonyl (C=O) groups excluding carboxylic acids is 2. The quantitative estimate of drug-likeness (QED) is 0.0534. The second kappa shape index (κ2) is 18.5. The van der Waals surface area contributed by atoms with Crippen molar-refractivity contribution in [2.24, 2.45) is 0 Å². The van der Waals surface area contributed by atoms with E-state index in [1.54, 1.807) is 48.5 Å². The van der Waals surface area contributed by atoms with Crippen molar-refractivity contribution in [3.8, 4) is 22.3 Å². The molecule has 6 aromatic rings. The molecule has 0 bridgehead atoms. The Morgan fingerprint density at radius 3 is 1.40 bits per heavy atom. The lowest BCUT2D eigenvalue weighted by atomic mass is 9.98. The first-order valence-corrected chi connectivity index (χ1v) is 16.5. The van der Waals surface area contributed by atoms with E-state index in [-0.39, 0.29) is 28.2 Å². The van der Waals surface area contributed by atoms with Crippen LogP contribution in [0.15, 0.2) is 146 Å². The molecule has 0 aliphatic carbocycles. The van der Waals surface area contributed by atoms with E-state index in [1.807, 2.05) is 0 Å². The molecule has 0 atom stereocenters. The number of hydrogen-bond donors (Lipinski definition) is 2. The number of anilines is 2. The average Bonchev–Trinajstić information content (AvgIpc) is 3.18. The van der Waals surface area contributed by atoms with Gasteiger partial charge in [0, 0.05) is 46.8 Å². The molecule has 0 aromatic heterocycles. The topological polar surface area (TPSA) is 158 Å². The summed E-state index contributed by atoms with van der Waals surface area (Å²) in [5.41, 5.74) is 6.69. The van der Waals surface area contributed by atoms with Gasteiger partial charge in [0.05, 0.1) is 21.0 Å². The molecule has 0 saturated heterocycles.